The molecule has 0 aliphatic rings. The highest BCUT2D eigenvalue weighted by molar-refractivity contribution is 7.82. The molecule has 0 bridgehead atoms. The fourth-order valence-corrected chi connectivity index (χ4v) is 7.15. The number of hydrogen-bond donors (Lipinski definition) is 3. The summed E-state index contributed by atoms with van der Waals surface area (Å²) in [4.78, 5) is 23.9. The van der Waals surface area contributed by atoms with Crippen molar-refractivity contribution in [1.82, 2.24) is 9.62 Å². The number of nitrogens with one attached hydrogen (secondary N) is 1. The monoisotopic (exact) mass is 852 g/mol. The second-order valence-corrected chi connectivity index (χ2v) is 16.0. The molecule has 0 saturated heterocycles. The first-order chi connectivity index (χ1) is 27.8. The summed E-state index contributed by atoms with van der Waals surface area (Å²) in [6.45, 7) is 22.7. The summed E-state index contributed by atoms with van der Waals surface area (Å²) in [5.74, 6) is 1.14. The lowest BCUT2D eigenvalue weighted by molar-refractivity contribution is 0.0459. The van der Waals surface area contributed by atoms with Crippen LogP contribution in [0.5, 0.6) is 11.5 Å². The third-order valence-corrected chi connectivity index (χ3v) is 10.4. The normalized spacial score (nSPS) is 13.4. The third-order valence-electron chi connectivity index (χ3n) is 7.90. The Morgan fingerprint density at radius 2 is 1.43 bits per heavy atom. The molecule has 0 aliphatic carbocycles. The highest BCUT2D eigenvalue weighted by Gasteiger charge is 2.24. The number of carbonyl (C=O) groups excluding carboxylic acids is 1. The van der Waals surface area contributed by atoms with E-state index in [1.54, 1.807) is 76.8 Å². The van der Waals surface area contributed by atoms with E-state index in [9.17, 15) is 23.6 Å². The molecule has 0 radical (unpaired) electrons. The predicted octanol–water partition coefficient (Wildman–Crippen LogP) is 9.67. The van der Waals surface area contributed by atoms with Gasteiger partial charge in [-0.1, -0.05) is 90.9 Å². The summed E-state index contributed by atoms with van der Waals surface area (Å²) in [5.41, 5.74) is 1.66. The molecule has 0 aromatic heterocycles. The first-order valence-corrected chi connectivity index (χ1v) is 22.7. The molecule has 330 valence electrons. The largest absolute Gasteiger partial charge is 0.497 e. The van der Waals surface area contributed by atoms with E-state index in [4.69, 9.17) is 18.7 Å². The lowest BCUT2D eigenvalue weighted by Crippen LogP contribution is -2.42. The number of aliphatic hydroxyl groups excluding tert-OH is 1. The van der Waals surface area contributed by atoms with Gasteiger partial charge in [0.25, 0.3) is 0 Å². The van der Waals surface area contributed by atoms with Crippen LogP contribution in [0, 0.1) is 11.8 Å². The maximum absolute atomic E-state index is 13.6. The van der Waals surface area contributed by atoms with Crippen LogP contribution in [-0.4, -0.2) is 84.1 Å². The number of carbonyl (C=O) groups is 1. The van der Waals surface area contributed by atoms with E-state index in [1.165, 1.54) is 0 Å². The van der Waals surface area contributed by atoms with E-state index in [0.717, 1.165) is 11.1 Å². The Hall–Kier alpha value is -3.55. The topological polar surface area (TPSA) is 153 Å². The molecule has 12 nitrogen and oxygen atoms in total. The van der Waals surface area contributed by atoms with Gasteiger partial charge in [0.2, 0.25) is 0 Å². The summed E-state index contributed by atoms with van der Waals surface area (Å²) in [6, 6.07) is 22.9. The van der Waals surface area contributed by atoms with Crippen LogP contribution in [0.2, 0.25) is 0 Å². The van der Waals surface area contributed by atoms with Crippen molar-refractivity contribution in [3.63, 3.8) is 0 Å². The number of nitrogens with zero attached hydrogens (tertiary/aromatic N) is 1. The SMILES string of the molecule is C=C.CC.CC.CC[C@H](CO)[C@H](C)OC(=O)N[C@H](CCN(CC(C)C)S(=O)c1ccc(OC)cc1)Cc1ccc(OCP(=O)(O)OCc2ccccc2)cc1.COC. The molecule has 14 heteroatoms. The van der Waals surface area contributed by atoms with Gasteiger partial charge in [-0.25, -0.2) is 13.3 Å². The molecule has 0 saturated carbocycles. The summed E-state index contributed by atoms with van der Waals surface area (Å²) >= 11 is 0. The summed E-state index contributed by atoms with van der Waals surface area (Å²) < 4.78 is 54.0. The Morgan fingerprint density at radius 1 is 0.879 bits per heavy atom. The fraction of sp³-hybridized carbons (Fsp3) is 0.523. The van der Waals surface area contributed by atoms with Crippen LogP contribution in [0.15, 0.2) is 96.9 Å². The molecule has 5 atom stereocenters. The molecular formula is C44H73N2O10PS. The average Bonchev–Trinajstić information content (AvgIpc) is 3.24. The van der Waals surface area contributed by atoms with Gasteiger partial charge in [0.1, 0.15) is 28.6 Å². The van der Waals surface area contributed by atoms with E-state index in [0.29, 0.717) is 48.7 Å². The van der Waals surface area contributed by atoms with Gasteiger partial charge in [-0.05, 0) is 79.6 Å². The Labute approximate surface area is 352 Å². The van der Waals surface area contributed by atoms with Crippen molar-refractivity contribution in [2.45, 2.75) is 98.3 Å². The Bertz CT molecular complexity index is 1510. The van der Waals surface area contributed by atoms with Crippen molar-refractivity contribution in [2.75, 3.05) is 47.4 Å². The zero-order valence-electron chi connectivity index (χ0n) is 36.8. The zero-order chi connectivity index (χ0) is 44.5. The number of amides is 1. The van der Waals surface area contributed by atoms with Gasteiger partial charge >= 0.3 is 13.7 Å². The Kier molecular flexibility index (Phi) is 33.5. The molecule has 3 aromatic rings. The molecule has 0 fully saturated rings. The lowest BCUT2D eigenvalue weighted by atomic mass is 10.0. The average molecular weight is 853 g/mol. The molecule has 2 unspecified atom stereocenters. The lowest BCUT2D eigenvalue weighted by Gasteiger charge is -2.27. The molecule has 3 aromatic carbocycles. The molecule has 0 spiro atoms. The van der Waals surface area contributed by atoms with Crippen molar-refractivity contribution >= 4 is 24.7 Å². The molecule has 0 heterocycles. The standard InChI is InChI=1S/C36H51N2O9PS.C2H6O.2C2H6.C2H4/c1-6-31(24-39)28(4)47-36(40)37-32(20-21-38(23-27(2)3)49(43)35-18-16-33(44-5)17-19-35)22-29-12-14-34(15-13-29)45-26-48(41,42)46-25-30-10-8-7-9-11-30;1-3-2;3*1-2/h7-19,27-28,31-32,39H,6,20-26H2,1-5H3,(H,37,40)(H,41,42);1-2H3;2*1-2H3;1-2H2/t28-,31+,32+,49?;;;;/m0..../s1. The first kappa shape index (κ1) is 56.5. The Balaban J connectivity index is 0. The minimum absolute atomic E-state index is 0.00605. The molecule has 3 N–H and O–H groups in total. The number of ether oxygens (including phenoxy) is 4. The van der Waals surface area contributed by atoms with Gasteiger partial charge in [-0.15, -0.1) is 13.2 Å². The van der Waals surface area contributed by atoms with E-state index in [1.807, 2.05) is 69.3 Å². The molecule has 58 heavy (non-hydrogen) atoms. The van der Waals surface area contributed by atoms with Crippen LogP contribution in [-0.2, 0) is 42.6 Å². The molecular weight excluding hydrogens is 780 g/mol. The van der Waals surface area contributed by atoms with Gasteiger partial charge in [-0.2, -0.15) is 0 Å². The van der Waals surface area contributed by atoms with Crippen molar-refractivity contribution in [1.29, 1.82) is 0 Å². The quantitative estimate of drug-likeness (QED) is 0.0698. The Morgan fingerprint density at radius 3 is 1.93 bits per heavy atom. The molecule has 3 rings (SSSR count). The van der Waals surface area contributed by atoms with E-state index in [2.05, 4.69) is 37.1 Å². The fourth-order valence-electron chi connectivity index (χ4n) is 5.04. The smallest absolute Gasteiger partial charge is 0.407 e. The highest BCUT2D eigenvalue weighted by Crippen LogP contribution is 2.42. The second-order valence-electron chi connectivity index (χ2n) is 12.7. The minimum Gasteiger partial charge on any atom is -0.497 e. The molecule has 0 aliphatic heterocycles. The van der Waals surface area contributed by atoms with Crippen molar-refractivity contribution in [3.05, 3.63) is 103 Å². The highest BCUT2D eigenvalue weighted by atomic mass is 32.2. The summed E-state index contributed by atoms with van der Waals surface area (Å²) in [7, 11) is -0.599. The second kappa shape index (κ2) is 34.3. The van der Waals surface area contributed by atoms with E-state index in [-0.39, 0.29) is 31.1 Å². The van der Waals surface area contributed by atoms with E-state index >= 15 is 0 Å². The van der Waals surface area contributed by atoms with Crippen molar-refractivity contribution in [3.8, 4) is 11.5 Å². The van der Waals surface area contributed by atoms with Crippen LogP contribution in [0.4, 0.5) is 4.79 Å². The first-order valence-electron chi connectivity index (χ1n) is 19.9. The zero-order valence-corrected chi connectivity index (χ0v) is 38.6. The van der Waals surface area contributed by atoms with Gasteiger partial charge in [-0.3, -0.25) is 4.57 Å². The number of rotatable bonds is 21. The van der Waals surface area contributed by atoms with Gasteiger partial charge in [0, 0.05) is 45.9 Å². The van der Waals surface area contributed by atoms with Crippen LogP contribution < -0.4 is 14.8 Å². The summed E-state index contributed by atoms with van der Waals surface area (Å²) in [5, 5.41) is 12.6. The van der Waals surface area contributed by atoms with Gasteiger partial charge in [0.05, 0.1) is 18.6 Å². The maximum atomic E-state index is 13.6. The van der Waals surface area contributed by atoms with Crippen LogP contribution in [0.25, 0.3) is 0 Å². The van der Waals surface area contributed by atoms with Gasteiger partial charge in [0.15, 0.2) is 6.35 Å². The molecule has 1 amide bonds. The predicted molar refractivity (Wildman–Crippen MR) is 238 cm³/mol. The third kappa shape index (κ3) is 24.4. The van der Waals surface area contributed by atoms with E-state index < -0.39 is 37.1 Å². The van der Waals surface area contributed by atoms with Crippen LogP contribution in [0.3, 0.4) is 0 Å². The summed E-state index contributed by atoms with van der Waals surface area (Å²) in [6.07, 6.45) is -0.00685. The van der Waals surface area contributed by atoms with Crippen molar-refractivity contribution in [2.24, 2.45) is 11.8 Å². The number of methoxy groups -OCH3 is 2. The number of alkyl carbamates (subject to hydrolysis) is 1. The van der Waals surface area contributed by atoms with Gasteiger partial charge < -0.3 is 38.8 Å². The minimum atomic E-state index is -4.00. The number of hydrogen-bond acceptors (Lipinski definition) is 9. The number of benzene rings is 3. The van der Waals surface area contributed by atoms with Crippen LogP contribution >= 0.6 is 7.60 Å². The van der Waals surface area contributed by atoms with Crippen molar-refractivity contribution < 1.29 is 47.0 Å². The van der Waals surface area contributed by atoms with Crippen LogP contribution in [0.1, 0.15) is 79.4 Å². The number of aliphatic hydroxyl groups is 1. The maximum Gasteiger partial charge on any atom is 0.407 e.